The second-order valence-electron chi connectivity index (χ2n) is 8.48. The topological polar surface area (TPSA) is 78.0 Å². The highest BCUT2D eigenvalue weighted by Crippen LogP contribution is 2.28. The largest absolute Gasteiger partial charge is 0.442 e. The number of cyclic esters (lactones) is 1. The van der Waals surface area contributed by atoms with Crippen LogP contribution < -0.4 is 20.0 Å². The minimum absolute atomic E-state index is 0.0678. The molecule has 0 aliphatic carbocycles. The number of carbonyl (C=O) groups excluding carboxylic acids is 2. The number of carbonyl (C=O) groups is 2. The number of anilines is 3. The molecule has 35 heavy (non-hydrogen) atoms. The van der Waals surface area contributed by atoms with Gasteiger partial charge in [0.05, 0.1) is 24.0 Å². The van der Waals surface area contributed by atoms with E-state index in [0.717, 1.165) is 52.7 Å². The number of rotatable bonds is 7. The van der Waals surface area contributed by atoms with Crippen molar-refractivity contribution < 1.29 is 14.3 Å². The third-order valence-corrected chi connectivity index (χ3v) is 7.66. The summed E-state index contributed by atoms with van der Waals surface area (Å²) in [5, 5.41) is 4.82. The number of ether oxygens (including phenoxy) is 1. The lowest BCUT2D eigenvalue weighted by atomic mass is 10.2. The third-order valence-electron chi connectivity index (χ3n) is 6.16. The lowest BCUT2D eigenvalue weighted by molar-refractivity contribution is -0.120. The quantitative estimate of drug-likeness (QED) is 0.476. The number of piperazine rings is 1. The number of pyridine rings is 1. The Bertz CT molecular complexity index is 1170. The number of aromatic nitrogens is 1. The maximum atomic E-state index is 12.4. The Hall–Kier alpha value is -3.11. The fourth-order valence-electron chi connectivity index (χ4n) is 4.33. The fraction of sp³-hybridized carbons (Fsp3) is 0.320. The molecule has 2 aliphatic heterocycles. The van der Waals surface area contributed by atoms with E-state index >= 15 is 0 Å². The highest BCUT2D eigenvalue weighted by Gasteiger charge is 2.32. The molecule has 2 fully saturated rings. The van der Waals surface area contributed by atoms with E-state index in [4.69, 9.17) is 4.74 Å². The summed E-state index contributed by atoms with van der Waals surface area (Å²) in [4.78, 5) is 36.3. The number of hydrogen-bond donors (Lipinski definition) is 1. The van der Waals surface area contributed by atoms with Gasteiger partial charge in [0.15, 0.2) is 0 Å². The van der Waals surface area contributed by atoms with Gasteiger partial charge in [-0.15, -0.1) is 11.3 Å². The van der Waals surface area contributed by atoms with Crippen molar-refractivity contribution in [3.05, 3.63) is 69.5 Å². The summed E-state index contributed by atoms with van der Waals surface area (Å²) >= 11 is 5.14. The van der Waals surface area contributed by atoms with Crippen molar-refractivity contribution in [2.45, 2.75) is 12.5 Å². The van der Waals surface area contributed by atoms with Crippen LogP contribution in [-0.2, 0) is 16.0 Å². The molecule has 0 radical (unpaired) electrons. The smallest absolute Gasteiger partial charge is 0.414 e. The number of amides is 2. The van der Waals surface area contributed by atoms with Gasteiger partial charge in [0.1, 0.15) is 11.9 Å². The van der Waals surface area contributed by atoms with Crippen molar-refractivity contribution in [2.75, 3.05) is 54.0 Å². The third kappa shape index (κ3) is 5.59. The van der Waals surface area contributed by atoms with Crippen LogP contribution in [0, 0.1) is 0 Å². The van der Waals surface area contributed by atoms with E-state index in [0.29, 0.717) is 19.5 Å². The molecule has 3 aromatic rings. The normalized spacial score (nSPS) is 18.0. The minimum Gasteiger partial charge on any atom is -0.442 e. The van der Waals surface area contributed by atoms with Gasteiger partial charge in [0, 0.05) is 48.6 Å². The number of hydrogen-bond acceptors (Lipinski definition) is 7. The summed E-state index contributed by atoms with van der Waals surface area (Å²) in [7, 11) is 0. The first-order valence-corrected chi connectivity index (χ1v) is 13.2. The molecule has 0 spiro atoms. The van der Waals surface area contributed by atoms with Crippen molar-refractivity contribution in [2.24, 2.45) is 0 Å². The lowest BCUT2D eigenvalue weighted by Crippen LogP contribution is -2.47. The van der Waals surface area contributed by atoms with E-state index in [1.54, 1.807) is 16.2 Å². The Balaban J connectivity index is 1.12. The maximum Gasteiger partial charge on any atom is 0.414 e. The second-order valence-corrected chi connectivity index (χ2v) is 10.4. The highest BCUT2D eigenvalue weighted by molar-refractivity contribution is 9.10. The average Bonchev–Trinajstić information content (AvgIpc) is 3.53. The van der Waals surface area contributed by atoms with E-state index in [1.807, 2.05) is 60.1 Å². The first-order chi connectivity index (χ1) is 17.1. The molecule has 1 aromatic carbocycles. The van der Waals surface area contributed by atoms with Crippen LogP contribution in [0.1, 0.15) is 4.88 Å². The van der Waals surface area contributed by atoms with Crippen molar-refractivity contribution in [3.8, 4) is 0 Å². The van der Waals surface area contributed by atoms with E-state index in [1.165, 1.54) is 0 Å². The molecule has 182 valence electrons. The van der Waals surface area contributed by atoms with Crippen LogP contribution in [0.4, 0.5) is 22.0 Å². The van der Waals surface area contributed by atoms with Crippen molar-refractivity contribution in [3.63, 3.8) is 0 Å². The van der Waals surface area contributed by atoms with Gasteiger partial charge in [-0.3, -0.25) is 9.69 Å². The molecular formula is C25H26BrN5O3S. The fourth-order valence-corrected chi connectivity index (χ4v) is 5.54. The van der Waals surface area contributed by atoms with Crippen LogP contribution in [0.25, 0.3) is 0 Å². The van der Waals surface area contributed by atoms with Crippen LogP contribution >= 0.6 is 27.3 Å². The summed E-state index contributed by atoms with van der Waals surface area (Å²) in [6.45, 7) is 4.27. The molecule has 4 heterocycles. The molecule has 5 rings (SSSR count). The number of nitrogens with zero attached hydrogens (tertiary/aromatic N) is 4. The molecule has 2 saturated heterocycles. The summed E-state index contributed by atoms with van der Waals surface area (Å²) < 4.78 is 6.48. The van der Waals surface area contributed by atoms with E-state index in [-0.39, 0.29) is 18.1 Å². The van der Waals surface area contributed by atoms with Gasteiger partial charge in [0.2, 0.25) is 5.91 Å². The summed E-state index contributed by atoms with van der Waals surface area (Å²) in [6.07, 6.45) is 1.41. The van der Waals surface area contributed by atoms with Crippen LogP contribution in [0.3, 0.4) is 0 Å². The molecule has 1 atom stereocenters. The minimum atomic E-state index is -0.384. The van der Waals surface area contributed by atoms with Gasteiger partial charge in [-0.1, -0.05) is 6.07 Å². The molecule has 8 nitrogen and oxygen atoms in total. The predicted octanol–water partition coefficient (Wildman–Crippen LogP) is 3.92. The molecule has 1 N–H and O–H groups in total. The zero-order valence-corrected chi connectivity index (χ0v) is 21.5. The zero-order valence-electron chi connectivity index (χ0n) is 19.1. The number of nitrogens with one attached hydrogen (secondary N) is 1. The average molecular weight is 556 g/mol. The molecule has 2 amide bonds. The Morgan fingerprint density at radius 2 is 1.80 bits per heavy atom. The van der Waals surface area contributed by atoms with Crippen LogP contribution in [0.5, 0.6) is 0 Å². The van der Waals surface area contributed by atoms with Gasteiger partial charge in [0.25, 0.3) is 0 Å². The maximum absolute atomic E-state index is 12.4. The first-order valence-electron chi connectivity index (χ1n) is 11.5. The molecule has 0 unspecified atom stereocenters. The van der Waals surface area contributed by atoms with Crippen molar-refractivity contribution in [1.82, 2.24) is 10.3 Å². The summed E-state index contributed by atoms with van der Waals surface area (Å²) in [5.41, 5.74) is 1.92. The Morgan fingerprint density at radius 3 is 2.51 bits per heavy atom. The highest BCUT2D eigenvalue weighted by atomic mass is 79.9. The number of halogens is 1. The van der Waals surface area contributed by atoms with Crippen molar-refractivity contribution >= 4 is 56.5 Å². The van der Waals surface area contributed by atoms with Gasteiger partial charge < -0.3 is 19.9 Å². The van der Waals surface area contributed by atoms with E-state index in [2.05, 4.69) is 36.0 Å². The Kier molecular flexibility index (Phi) is 7.19. The molecule has 0 bridgehead atoms. The van der Waals surface area contributed by atoms with Gasteiger partial charge in [-0.2, -0.15) is 0 Å². The van der Waals surface area contributed by atoms with Crippen molar-refractivity contribution in [1.29, 1.82) is 0 Å². The molecule has 10 heteroatoms. The Labute approximate surface area is 216 Å². The zero-order chi connectivity index (χ0) is 24.2. The van der Waals surface area contributed by atoms with Gasteiger partial charge >= 0.3 is 6.09 Å². The standard InChI is InChI=1S/C25H26BrN5O3S/c26-22-4-1-9-27-24(22)30-12-10-29(11-13-30)18-5-7-19(8-6-18)31-17-20(34-25(31)33)16-28-23(32)15-21-3-2-14-35-21/h1-9,14,20H,10-13,15-17H2,(H,28,32)/t20-/m0/s1. The Morgan fingerprint density at radius 1 is 1.06 bits per heavy atom. The molecule has 0 saturated carbocycles. The van der Waals surface area contributed by atoms with Gasteiger partial charge in [-0.05, 0) is 63.8 Å². The van der Waals surface area contributed by atoms with Crippen LogP contribution in [0.15, 0.2) is 64.6 Å². The van der Waals surface area contributed by atoms with E-state index < -0.39 is 0 Å². The number of thiophene rings is 1. The lowest BCUT2D eigenvalue weighted by Gasteiger charge is -2.37. The predicted molar refractivity (Wildman–Crippen MR) is 141 cm³/mol. The van der Waals surface area contributed by atoms with Crippen LogP contribution in [0.2, 0.25) is 0 Å². The molecule has 2 aromatic heterocycles. The van der Waals surface area contributed by atoms with E-state index in [9.17, 15) is 9.59 Å². The molecule has 2 aliphatic rings. The van der Waals surface area contributed by atoms with Gasteiger partial charge in [-0.25, -0.2) is 9.78 Å². The second kappa shape index (κ2) is 10.7. The summed E-state index contributed by atoms with van der Waals surface area (Å²) in [6, 6.07) is 15.8. The molecular weight excluding hydrogens is 530 g/mol. The summed E-state index contributed by atoms with van der Waals surface area (Å²) in [5.74, 6) is 0.911. The van der Waals surface area contributed by atoms with Crippen LogP contribution in [-0.4, -0.2) is 62.4 Å². The number of benzene rings is 1. The first kappa shape index (κ1) is 23.6. The SMILES string of the molecule is O=C(Cc1cccs1)NC[C@H]1CN(c2ccc(N3CCN(c4ncccc4Br)CC3)cc2)C(=O)O1. The monoisotopic (exact) mass is 555 g/mol.